The first-order chi connectivity index (χ1) is 14.6. The lowest BCUT2D eigenvalue weighted by Crippen LogP contribution is -2.18. The minimum Gasteiger partial charge on any atom is -0.427 e. The molecular formula is C26H36N2O2. The van der Waals surface area contributed by atoms with Crippen LogP contribution in [-0.4, -0.2) is 15.9 Å². The van der Waals surface area contributed by atoms with Gasteiger partial charge in [0.15, 0.2) is 5.82 Å². The third-order valence-electron chi connectivity index (χ3n) is 6.26. The molecule has 162 valence electrons. The molecule has 0 fully saturated rings. The van der Waals surface area contributed by atoms with Gasteiger partial charge in [-0.3, -0.25) is 4.79 Å². The highest BCUT2D eigenvalue weighted by molar-refractivity contribution is 5.72. The summed E-state index contributed by atoms with van der Waals surface area (Å²) in [5.74, 6) is 2.74. The summed E-state index contributed by atoms with van der Waals surface area (Å²) in [6.45, 7) is 6.79. The molecule has 0 bridgehead atoms. The lowest BCUT2D eigenvalue weighted by molar-refractivity contribution is -0.134. The Morgan fingerprint density at radius 1 is 1.17 bits per heavy atom. The average molecular weight is 409 g/mol. The maximum atomic E-state index is 12.0. The number of unbranched alkanes of at least 4 members (excludes halogenated alkanes) is 3. The molecule has 1 aromatic carbocycles. The van der Waals surface area contributed by atoms with E-state index in [9.17, 15) is 4.79 Å². The van der Waals surface area contributed by atoms with Crippen LogP contribution in [0.4, 0.5) is 0 Å². The molecule has 0 aliphatic heterocycles. The highest BCUT2D eigenvalue weighted by atomic mass is 16.5. The second-order valence-corrected chi connectivity index (χ2v) is 8.83. The molecule has 0 N–H and O–H groups in total. The molecule has 2 unspecified atom stereocenters. The summed E-state index contributed by atoms with van der Waals surface area (Å²) >= 11 is 0. The molecule has 1 aromatic heterocycles. The van der Waals surface area contributed by atoms with Crippen LogP contribution in [0.25, 0.3) is 11.4 Å². The van der Waals surface area contributed by atoms with Gasteiger partial charge < -0.3 is 4.74 Å². The highest BCUT2D eigenvalue weighted by Gasteiger charge is 2.22. The van der Waals surface area contributed by atoms with E-state index in [1.807, 2.05) is 30.5 Å². The number of benzene rings is 1. The summed E-state index contributed by atoms with van der Waals surface area (Å²) in [6.07, 6.45) is 12.7. The van der Waals surface area contributed by atoms with Crippen molar-refractivity contribution in [3.05, 3.63) is 41.7 Å². The minimum absolute atomic E-state index is 0.157. The summed E-state index contributed by atoms with van der Waals surface area (Å²) in [6, 6.07) is 7.56. The molecule has 3 rings (SSSR count). The number of aromatic nitrogens is 2. The van der Waals surface area contributed by atoms with Crippen LogP contribution in [0.2, 0.25) is 0 Å². The van der Waals surface area contributed by atoms with Gasteiger partial charge in [0.05, 0.1) is 0 Å². The molecule has 0 spiro atoms. The monoisotopic (exact) mass is 408 g/mol. The van der Waals surface area contributed by atoms with Crippen molar-refractivity contribution in [2.24, 2.45) is 11.8 Å². The predicted octanol–water partition coefficient (Wildman–Crippen LogP) is 6.56. The smallest absolute Gasteiger partial charge is 0.311 e. The van der Waals surface area contributed by atoms with Gasteiger partial charge in [0, 0.05) is 23.9 Å². The van der Waals surface area contributed by atoms with Crippen LogP contribution in [0.5, 0.6) is 5.75 Å². The molecule has 1 heterocycles. The Morgan fingerprint density at radius 2 is 1.97 bits per heavy atom. The van der Waals surface area contributed by atoms with Crippen molar-refractivity contribution < 1.29 is 9.53 Å². The zero-order chi connectivity index (χ0) is 21.3. The Hall–Kier alpha value is -2.23. The van der Waals surface area contributed by atoms with E-state index in [1.165, 1.54) is 43.4 Å². The number of hydrogen-bond acceptors (Lipinski definition) is 4. The zero-order valence-electron chi connectivity index (χ0n) is 18.8. The molecule has 0 radical (unpaired) electrons. The Bertz CT molecular complexity index is 816. The Morgan fingerprint density at radius 3 is 2.70 bits per heavy atom. The average Bonchev–Trinajstić information content (AvgIpc) is 2.77. The molecule has 2 aromatic rings. The van der Waals surface area contributed by atoms with Crippen molar-refractivity contribution in [2.75, 3.05) is 0 Å². The number of nitrogens with zero attached hydrogens (tertiary/aromatic N) is 2. The first-order valence-corrected chi connectivity index (χ1v) is 11.7. The van der Waals surface area contributed by atoms with Crippen LogP contribution in [0.1, 0.15) is 83.4 Å². The fourth-order valence-corrected chi connectivity index (χ4v) is 4.21. The van der Waals surface area contributed by atoms with Crippen molar-refractivity contribution in [3.8, 4) is 17.1 Å². The van der Waals surface area contributed by atoms with Gasteiger partial charge >= 0.3 is 5.97 Å². The van der Waals surface area contributed by atoms with E-state index >= 15 is 0 Å². The van der Waals surface area contributed by atoms with Crippen LogP contribution < -0.4 is 4.74 Å². The number of ether oxygens (including phenoxy) is 1. The number of esters is 1. The predicted molar refractivity (Wildman–Crippen MR) is 121 cm³/mol. The van der Waals surface area contributed by atoms with E-state index in [-0.39, 0.29) is 5.97 Å². The van der Waals surface area contributed by atoms with E-state index in [0.717, 1.165) is 48.9 Å². The zero-order valence-corrected chi connectivity index (χ0v) is 18.8. The number of fused-ring (bicyclic) bond motifs is 1. The fourth-order valence-electron chi connectivity index (χ4n) is 4.21. The SMILES string of the molecule is CCCCCCC(=O)Oc1ccc(-c2ncc3c(n2)CCC(CC(C)CC)C3)cc1. The van der Waals surface area contributed by atoms with E-state index in [4.69, 9.17) is 9.72 Å². The molecule has 0 saturated carbocycles. The maximum absolute atomic E-state index is 12.0. The molecular weight excluding hydrogens is 372 g/mol. The quantitative estimate of drug-likeness (QED) is 0.254. The largest absolute Gasteiger partial charge is 0.427 e. The fraction of sp³-hybridized carbons (Fsp3) is 0.577. The van der Waals surface area contributed by atoms with Crippen molar-refractivity contribution in [1.29, 1.82) is 0 Å². The molecule has 1 aliphatic rings. The van der Waals surface area contributed by atoms with Gasteiger partial charge in [0.1, 0.15) is 5.75 Å². The summed E-state index contributed by atoms with van der Waals surface area (Å²) < 4.78 is 5.45. The lowest BCUT2D eigenvalue weighted by Gasteiger charge is -2.26. The third-order valence-corrected chi connectivity index (χ3v) is 6.26. The molecule has 0 amide bonds. The first kappa shape index (κ1) is 22.5. The number of carbonyl (C=O) groups excluding carboxylic acids is 1. The van der Waals surface area contributed by atoms with Crippen molar-refractivity contribution >= 4 is 5.97 Å². The minimum atomic E-state index is -0.157. The number of hydrogen-bond donors (Lipinski definition) is 0. The lowest BCUT2D eigenvalue weighted by atomic mass is 9.81. The summed E-state index contributed by atoms with van der Waals surface area (Å²) in [4.78, 5) is 21.4. The summed E-state index contributed by atoms with van der Waals surface area (Å²) in [5.41, 5.74) is 3.47. The molecule has 0 saturated heterocycles. The number of carbonyl (C=O) groups is 1. The van der Waals surface area contributed by atoms with Crippen molar-refractivity contribution in [2.45, 2.75) is 85.0 Å². The van der Waals surface area contributed by atoms with E-state index in [0.29, 0.717) is 12.2 Å². The van der Waals surface area contributed by atoms with Crippen LogP contribution in [0.15, 0.2) is 30.5 Å². The van der Waals surface area contributed by atoms with Crippen LogP contribution in [0.3, 0.4) is 0 Å². The van der Waals surface area contributed by atoms with Gasteiger partial charge in [-0.15, -0.1) is 0 Å². The number of aryl methyl sites for hydroxylation is 1. The molecule has 4 nitrogen and oxygen atoms in total. The maximum Gasteiger partial charge on any atom is 0.311 e. The van der Waals surface area contributed by atoms with Gasteiger partial charge in [0.2, 0.25) is 0 Å². The highest BCUT2D eigenvalue weighted by Crippen LogP contribution is 2.30. The van der Waals surface area contributed by atoms with Gasteiger partial charge in [0.25, 0.3) is 0 Å². The van der Waals surface area contributed by atoms with Gasteiger partial charge in [-0.1, -0.05) is 46.5 Å². The summed E-state index contributed by atoms with van der Waals surface area (Å²) in [7, 11) is 0. The van der Waals surface area contributed by atoms with Crippen LogP contribution in [0, 0.1) is 11.8 Å². The second kappa shape index (κ2) is 11.2. The van der Waals surface area contributed by atoms with E-state index in [1.54, 1.807) is 0 Å². The van der Waals surface area contributed by atoms with Gasteiger partial charge in [-0.25, -0.2) is 9.97 Å². The van der Waals surface area contributed by atoms with Gasteiger partial charge in [-0.2, -0.15) is 0 Å². The summed E-state index contributed by atoms with van der Waals surface area (Å²) in [5, 5.41) is 0. The molecule has 4 heteroatoms. The van der Waals surface area contributed by atoms with Crippen LogP contribution >= 0.6 is 0 Å². The van der Waals surface area contributed by atoms with Gasteiger partial charge in [-0.05, 0) is 73.8 Å². The van der Waals surface area contributed by atoms with Crippen LogP contribution in [-0.2, 0) is 17.6 Å². The number of rotatable bonds is 10. The molecule has 1 aliphatic carbocycles. The normalized spacial score (nSPS) is 16.7. The Balaban J connectivity index is 1.57. The standard InChI is InChI=1S/C26H36N2O2/c1-4-6-7-8-9-25(29)30-23-13-11-21(12-14-23)26-27-18-22-17-20(16-19(3)5-2)10-15-24(22)28-26/h11-14,18-20H,4-10,15-17H2,1-3H3. The topological polar surface area (TPSA) is 52.1 Å². The van der Waals surface area contributed by atoms with Crippen molar-refractivity contribution in [1.82, 2.24) is 9.97 Å². The van der Waals surface area contributed by atoms with E-state index < -0.39 is 0 Å². The van der Waals surface area contributed by atoms with E-state index in [2.05, 4.69) is 25.8 Å². The molecule has 2 atom stereocenters. The second-order valence-electron chi connectivity index (χ2n) is 8.83. The van der Waals surface area contributed by atoms with Crippen molar-refractivity contribution in [3.63, 3.8) is 0 Å². The Kier molecular flexibility index (Phi) is 8.41. The third kappa shape index (κ3) is 6.38. The Labute approximate surface area is 181 Å². The molecule has 30 heavy (non-hydrogen) atoms. The first-order valence-electron chi connectivity index (χ1n) is 11.7.